The van der Waals surface area contributed by atoms with Gasteiger partial charge >= 0.3 is 0 Å². The standard InChI is InChI=1S/C19H16FN5/c1-25-7-6-14-15(8-21)18(24)19(10-22,11-23)17(16(14)9-25)12-2-4-13(20)5-3-12/h2-6,15-17,24H,7,9H2,1H3/p+1/t15?,16-,17+/m1/s1. The Morgan fingerprint density at radius 1 is 1.20 bits per heavy atom. The molecule has 124 valence electrons. The molecular formula is C19H17FN5+. The maximum atomic E-state index is 13.4. The fourth-order valence-corrected chi connectivity index (χ4v) is 4.10. The Bertz CT molecular complexity index is 851. The molecule has 6 heteroatoms. The van der Waals surface area contributed by atoms with Crippen molar-refractivity contribution in [3.05, 3.63) is 47.3 Å². The van der Waals surface area contributed by atoms with Crippen molar-refractivity contribution in [2.45, 2.75) is 5.92 Å². The Balaban J connectivity index is 2.25. The third-order valence-corrected chi connectivity index (χ3v) is 5.31. The number of hydrogen-bond donors (Lipinski definition) is 2. The lowest BCUT2D eigenvalue weighted by Gasteiger charge is -2.45. The molecular weight excluding hydrogens is 317 g/mol. The minimum Gasteiger partial charge on any atom is -0.334 e. The topological polar surface area (TPSA) is 99.7 Å². The van der Waals surface area contributed by atoms with Gasteiger partial charge in [-0.25, -0.2) is 4.39 Å². The Hall–Kier alpha value is -3.01. The third kappa shape index (κ3) is 2.41. The van der Waals surface area contributed by atoms with Crippen molar-refractivity contribution in [2.24, 2.45) is 17.3 Å². The van der Waals surface area contributed by atoms with E-state index in [4.69, 9.17) is 5.41 Å². The Morgan fingerprint density at radius 3 is 2.40 bits per heavy atom. The molecule has 0 bridgehead atoms. The summed E-state index contributed by atoms with van der Waals surface area (Å²) in [5.74, 6) is -2.06. The smallest absolute Gasteiger partial charge is 0.189 e. The molecule has 3 rings (SSSR count). The summed E-state index contributed by atoms with van der Waals surface area (Å²) in [6, 6.07) is 11.9. The fraction of sp³-hybridized carbons (Fsp3) is 0.368. The first-order valence-electron chi connectivity index (χ1n) is 8.06. The van der Waals surface area contributed by atoms with Crippen LogP contribution < -0.4 is 4.90 Å². The van der Waals surface area contributed by atoms with Gasteiger partial charge in [0, 0.05) is 11.8 Å². The molecule has 2 aliphatic rings. The Kier molecular flexibility index (Phi) is 4.13. The van der Waals surface area contributed by atoms with Crippen molar-refractivity contribution in [2.75, 3.05) is 20.1 Å². The molecule has 0 spiro atoms. The van der Waals surface area contributed by atoms with Crippen LogP contribution in [-0.4, -0.2) is 25.8 Å². The van der Waals surface area contributed by atoms with Crippen molar-refractivity contribution in [1.82, 2.24) is 0 Å². The number of hydrogen-bond acceptors (Lipinski definition) is 4. The van der Waals surface area contributed by atoms with Crippen LogP contribution in [0.25, 0.3) is 0 Å². The fourth-order valence-electron chi connectivity index (χ4n) is 4.10. The molecule has 2 unspecified atom stereocenters. The van der Waals surface area contributed by atoms with Gasteiger partial charge in [-0.1, -0.05) is 12.1 Å². The number of nitrogens with zero attached hydrogens (tertiary/aromatic N) is 3. The van der Waals surface area contributed by atoms with Crippen LogP contribution in [0.2, 0.25) is 0 Å². The monoisotopic (exact) mass is 334 g/mol. The van der Waals surface area contributed by atoms with E-state index in [9.17, 15) is 20.2 Å². The number of nitriles is 3. The SMILES string of the molecule is C[NH+]1CC=C2C(C#N)C(=N)C(C#N)(C#N)[C@@H](c3ccc(F)cc3)[C@@H]2C1. The van der Waals surface area contributed by atoms with E-state index >= 15 is 0 Å². The van der Waals surface area contributed by atoms with Gasteiger partial charge in [0.2, 0.25) is 0 Å². The molecule has 0 saturated heterocycles. The predicted molar refractivity (Wildman–Crippen MR) is 87.8 cm³/mol. The molecule has 1 aliphatic heterocycles. The van der Waals surface area contributed by atoms with Crippen LogP contribution in [0.4, 0.5) is 4.39 Å². The van der Waals surface area contributed by atoms with Crippen LogP contribution in [0.1, 0.15) is 11.5 Å². The van der Waals surface area contributed by atoms with Gasteiger partial charge in [-0.05, 0) is 29.3 Å². The molecule has 4 atom stereocenters. The first-order valence-corrected chi connectivity index (χ1v) is 8.06. The van der Waals surface area contributed by atoms with Gasteiger partial charge in [0.05, 0.1) is 44.1 Å². The highest BCUT2D eigenvalue weighted by Gasteiger charge is 2.58. The maximum Gasteiger partial charge on any atom is 0.189 e. The van der Waals surface area contributed by atoms with E-state index in [0.29, 0.717) is 12.1 Å². The summed E-state index contributed by atoms with van der Waals surface area (Å²) in [5, 5.41) is 37.7. The molecule has 2 N–H and O–H groups in total. The van der Waals surface area contributed by atoms with Crippen molar-refractivity contribution >= 4 is 5.71 Å². The van der Waals surface area contributed by atoms with Crippen molar-refractivity contribution in [3.8, 4) is 18.2 Å². The second-order valence-corrected chi connectivity index (χ2v) is 6.71. The van der Waals surface area contributed by atoms with Crippen molar-refractivity contribution in [3.63, 3.8) is 0 Å². The molecule has 0 amide bonds. The Labute approximate surface area is 145 Å². The zero-order chi connectivity index (χ0) is 18.2. The van der Waals surface area contributed by atoms with Gasteiger partial charge in [0.25, 0.3) is 0 Å². The summed E-state index contributed by atoms with van der Waals surface area (Å²) in [6.07, 6.45) is 1.96. The predicted octanol–water partition coefficient (Wildman–Crippen LogP) is 1.19. The van der Waals surface area contributed by atoms with E-state index < -0.39 is 23.1 Å². The number of quaternary nitrogens is 1. The van der Waals surface area contributed by atoms with Crippen LogP contribution in [-0.2, 0) is 0 Å². The second-order valence-electron chi connectivity index (χ2n) is 6.71. The van der Waals surface area contributed by atoms with Gasteiger partial charge in [-0.2, -0.15) is 15.8 Å². The van der Waals surface area contributed by atoms with E-state index in [1.807, 2.05) is 25.3 Å². The summed E-state index contributed by atoms with van der Waals surface area (Å²) < 4.78 is 13.4. The zero-order valence-corrected chi connectivity index (χ0v) is 13.8. The number of rotatable bonds is 1. The van der Waals surface area contributed by atoms with E-state index in [-0.39, 0.29) is 11.6 Å². The molecule has 1 aliphatic carbocycles. The molecule has 0 aromatic heterocycles. The van der Waals surface area contributed by atoms with Gasteiger partial charge in [0.1, 0.15) is 11.7 Å². The number of benzene rings is 1. The molecule has 1 fully saturated rings. The van der Waals surface area contributed by atoms with Crippen LogP contribution in [0, 0.1) is 62.5 Å². The molecule has 25 heavy (non-hydrogen) atoms. The van der Waals surface area contributed by atoms with Gasteiger partial charge in [-0.3, -0.25) is 0 Å². The molecule has 1 heterocycles. The average Bonchev–Trinajstić information content (AvgIpc) is 2.62. The minimum atomic E-state index is -1.72. The third-order valence-electron chi connectivity index (χ3n) is 5.31. The van der Waals surface area contributed by atoms with Crippen LogP contribution >= 0.6 is 0 Å². The average molecular weight is 334 g/mol. The minimum absolute atomic E-state index is 0.170. The molecule has 1 aromatic rings. The van der Waals surface area contributed by atoms with Crippen molar-refractivity contribution in [1.29, 1.82) is 21.2 Å². The lowest BCUT2D eigenvalue weighted by molar-refractivity contribution is -0.878. The summed E-state index contributed by atoms with van der Waals surface area (Å²) in [7, 11) is 2.01. The highest BCUT2D eigenvalue weighted by atomic mass is 19.1. The number of fused-ring (bicyclic) bond motifs is 1. The van der Waals surface area contributed by atoms with E-state index in [1.54, 1.807) is 12.1 Å². The molecule has 5 nitrogen and oxygen atoms in total. The number of likely N-dealkylation sites (N-methyl/N-ethyl adjacent to an activating group) is 1. The number of nitrogens with one attached hydrogen (secondary N) is 2. The van der Waals surface area contributed by atoms with Gasteiger partial charge in [-0.15, -0.1) is 0 Å². The summed E-state index contributed by atoms with van der Waals surface area (Å²) in [4.78, 5) is 1.20. The quantitative estimate of drug-likeness (QED) is 0.754. The van der Waals surface area contributed by atoms with Gasteiger partial charge < -0.3 is 10.3 Å². The van der Waals surface area contributed by atoms with E-state index in [0.717, 1.165) is 12.1 Å². The highest BCUT2D eigenvalue weighted by Crippen LogP contribution is 2.52. The molecule has 0 radical (unpaired) electrons. The summed E-state index contributed by atoms with van der Waals surface area (Å²) in [5.41, 5.74) is -0.432. The molecule has 1 saturated carbocycles. The number of halogens is 1. The first kappa shape index (κ1) is 16.8. The lowest BCUT2D eigenvalue weighted by Crippen LogP contribution is -3.10. The van der Waals surface area contributed by atoms with Crippen LogP contribution in [0.15, 0.2) is 35.9 Å². The van der Waals surface area contributed by atoms with E-state index in [2.05, 4.69) is 6.07 Å². The van der Waals surface area contributed by atoms with E-state index in [1.165, 1.54) is 17.0 Å². The highest BCUT2D eigenvalue weighted by molar-refractivity contribution is 6.00. The lowest BCUT2D eigenvalue weighted by atomic mass is 9.54. The largest absolute Gasteiger partial charge is 0.334 e. The second kappa shape index (κ2) is 6.13. The zero-order valence-electron chi connectivity index (χ0n) is 13.8. The van der Waals surface area contributed by atoms with Crippen LogP contribution in [0.3, 0.4) is 0 Å². The van der Waals surface area contributed by atoms with Crippen LogP contribution in [0.5, 0.6) is 0 Å². The van der Waals surface area contributed by atoms with Crippen molar-refractivity contribution < 1.29 is 9.29 Å². The molecule has 1 aromatic carbocycles. The summed E-state index contributed by atoms with van der Waals surface area (Å²) in [6.45, 7) is 1.39. The maximum absolute atomic E-state index is 13.4. The Morgan fingerprint density at radius 2 is 1.84 bits per heavy atom. The first-order chi connectivity index (χ1) is 12.0. The van der Waals surface area contributed by atoms with Gasteiger partial charge in [0.15, 0.2) is 5.41 Å². The normalized spacial score (nSPS) is 30.2. The summed E-state index contributed by atoms with van der Waals surface area (Å²) >= 11 is 0.